The first-order valence-corrected chi connectivity index (χ1v) is 7.77. The van der Waals surface area contributed by atoms with E-state index in [9.17, 15) is 4.79 Å². The van der Waals surface area contributed by atoms with Crippen molar-refractivity contribution in [1.29, 1.82) is 0 Å². The van der Waals surface area contributed by atoms with Crippen LogP contribution in [0.5, 0.6) is 0 Å². The second kappa shape index (κ2) is 7.25. The van der Waals surface area contributed by atoms with E-state index >= 15 is 0 Å². The lowest BCUT2D eigenvalue weighted by Crippen LogP contribution is -2.42. The Morgan fingerprint density at radius 3 is 2.79 bits per heavy atom. The summed E-state index contributed by atoms with van der Waals surface area (Å²) in [6, 6.07) is 0.664. The zero-order valence-corrected chi connectivity index (χ0v) is 12.4. The van der Waals surface area contributed by atoms with E-state index in [0.717, 1.165) is 38.4 Å². The zero-order chi connectivity index (χ0) is 13.7. The third-order valence-electron chi connectivity index (χ3n) is 4.48. The molecule has 1 aliphatic carbocycles. The van der Waals surface area contributed by atoms with Crippen molar-refractivity contribution in [2.75, 3.05) is 26.7 Å². The van der Waals surface area contributed by atoms with Crippen LogP contribution in [0.2, 0.25) is 0 Å². The number of carbonyl (C=O) groups is 1. The standard InChI is InChI=1S/C15H28N2O2/c1-12-6-3-4-10-17(12)11-5-9-16-14(13-7-8-13)15(18)19-2/h12-14,16H,3-11H2,1-2H3. The van der Waals surface area contributed by atoms with Crippen molar-refractivity contribution in [2.24, 2.45) is 5.92 Å². The predicted octanol–water partition coefficient (Wildman–Crippen LogP) is 1.79. The molecule has 0 aromatic rings. The van der Waals surface area contributed by atoms with Gasteiger partial charge in [-0.25, -0.2) is 0 Å². The van der Waals surface area contributed by atoms with Crippen molar-refractivity contribution in [3.63, 3.8) is 0 Å². The highest BCUT2D eigenvalue weighted by atomic mass is 16.5. The molecule has 2 aliphatic rings. The van der Waals surface area contributed by atoms with Gasteiger partial charge in [0.2, 0.25) is 0 Å². The highest BCUT2D eigenvalue weighted by Crippen LogP contribution is 2.33. The van der Waals surface area contributed by atoms with Crippen LogP contribution in [0.15, 0.2) is 0 Å². The van der Waals surface area contributed by atoms with E-state index in [1.807, 2.05) is 0 Å². The van der Waals surface area contributed by atoms with Crippen molar-refractivity contribution in [3.05, 3.63) is 0 Å². The molecule has 0 bridgehead atoms. The largest absolute Gasteiger partial charge is 0.468 e. The lowest BCUT2D eigenvalue weighted by atomic mass is 10.0. The van der Waals surface area contributed by atoms with Gasteiger partial charge < -0.3 is 15.0 Å². The molecule has 110 valence electrons. The summed E-state index contributed by atoms with van der Waals surface area (Å²) in [5, 5.41) is 3.39. The molecule has 0 spiro atoms. The van der Waals surface area contributed by atoms with E-state index in [1.165, 1.54) is 32.9 Å². The third kappa shape index (κ3) is 4.46. The highest BCUT2D eigenvalue weighted by molar-refractivity contribution is 5.76. The van der Waals surface area contributed by atoms with Crippen LogP contribution in [0.4, 0.5) is 0 Å². The molecular weight excluding hydrogens is 240 g/mol. The molecule has 4 heteroatoms. The molecule has 1 heterocycles. The van der Waals surface area contributed by atoms with Crippen LogP contribution >= 0.6 is 0 Å². The summed E-state index contributed by atoms with van der Waals surface area (Å²) in [5.41, 5.74) is 0. The Hall–Kier alpha value is -0.610. The Labute approximate surface area is 116 Å². The van der Waals surface area contributed by atoms with Gasteiger partial charge in [0.1, 0.15) is 6.04 Å². The van der Waals surface area contributed by atoms with Crippen molar-refractivity contribution in [2.45, 2.75) is 57.5 Å². The number of hydrogen-bond donors (Lipinski definition) is 1. The van der Waals surface area contributed by atoms with Gasteiger partial charge in [0, 0.05) is 6.04 Å². The zero-order valence-electron chi connectivity index (χ0n) is 12.4. The van der Waals surface area contributed by atoms with Gasteiger partial charge in [-0.3, -0.25) is 4.79 Å². The average molecular weight is 268 g/mol. The number of piperidine rings is 1. The summed E-state index contributed by atoms with van der Waals surface area (Å²) >= 11 is 0. The highest BCUT2D eigenvalue weighted by Gasteiger charge is 2.36. The van der Waals surface area contributed by atoms with Gasteiger partial charge >= 0.3 is 5.97 Å². The minimum atomic E-state index is -0.0890. The number of methoxy groups -OCH3 is 1. The maximum atomic E-state index is 11.6. The fourth-order valence-electron chi connectivity index (χ4n) is 3.03. The van der Waals surface area contributed by atoms with Crippen LogP contribution in [0, 0.1) is 5.92 Å². The molecule has 2 unspecified atom stereocenters. The SMILES string of the molecule is COC(=O)C(NCCCN1CCCCC1C)C1CC1. The molecular formula is C15H28N2O2. The van der Waals surface area contributed by atoms with E-state index in [4.69, 9.17) is 4.74 Å². The number of hydrogen-bond acceptors (Lipinski definition) is 4. The minimum Gasteiger partial charge on any atom is -0.468 e. The Kier molecular flexibility index (Phi) is 5.64. The molecule has 0 radical (unpaired) electrons. The van der Waals surface area contributed by atoms with E-state index in [-0.39, 0.29) is 12.0 Å². The Balaban J connectivity index is 1.63. The molecule has 1 aliphatic heterocycles. The molecule has 19 heavy (non-hydrogen) atoms. The van der Waals surface area contributed by atoms with Gasteiger partial charge in [0.15, 0.2) is 0 Å². The molecule has 2 fully saturated rings. The number of esters is 1. The number of rotatable bonds is 7. The fourth-order valence-corrected chi connectivity index (χ4v) is 3.03. The first kappa shape index (κ1) is 14.8. The quantitative estimate of drug-likeness (QED) is 0.564. The Morgan fingerprint density at radius 1 is 1.37 bits per heavy atom. The molecule has 1 saturated carbocycles. The monoisotopic (exact) mass is 268 g/mol. The van der Waals surface area contributed by atoms with E-state index in [0.29, 0.717) is 5.92 Å². The van der Waals surface area contributed by atoms with Gasteiger partial charge in [-0.2, -0.15) is 0 Å². The average Bonchev–Trinajstić information content (AvgIpc) is 3.24. The number of nitrogens with zero attached hydrogens (tertiary/aromatic N) is 1. The summed E-state index contributed by atoms with van der Waals surface area (Å²) in [6.07, 6.45) is 7.49. The van der Waals surface area contributed by atoms with Crippen molar-refractivity contribution >= 4 is 5.97 Å². The van der Waals surface area contributed by atoms with Gasteiger partial charge in [0.25, 0.3) is 0 Å². The maximum Gasteiger partial charge on any atom is 0.323 e. The Bertz CT molecular complexity index is 292. The fraction of sp³-hybridized carbons (Fsp3) is 0.933. The first-order chi connectivity index (χ1) is 9.22. The van der Waals surface area contributed by atoms with E-state index < -0.39 is 0 Å². The molecule has 2 atom stereocenters. The topological polar surface area (TPSA) is 41.6 Å². The third-order valence-corrected chi connectivity index (χ3v) is 4.48. The second-order valence-electron chi connectivity index (χ2n) is 6.03. The summed E-state index contributed by atoms with van der Waals surface area (Å²) in [5.74, 6) is 0.426. The van der Waals surface area contributed by atoms with Crippen LogP contribution in [-0.4, -0.2) is 49.7 Å². The lowest BCUT2D eigenvalue weighted by Gasteiger charge is -2.33. The second-order valence-corrected chi connectivity index (χ2v) is 6.03. The maximum absolute atomic E-state index is 11.6. The van der Waals surface area contributed by atoms with Crippen LogP contribution in [0.3, 0.4) is 0 Å². The van der Waals surface area contributed by atoms with Crippen LogP contribution in [0.1, 0.15) is 45.4 Å². The summed E-state index contributed by atoms with van der Waals surface area (Å²) in [4.78, 5) is 14.2. The van der Waals surface area contributed by atoms with Gasteiger partial charge in [-0.05, 0) is 64.6 Å². The molecule has 0 aromatic heterocycles. The van der Waals surface area contributed by atoms with Gasteiger partial charge in [0.05, 0.1) is 7.11 Å². The first-order valence-electron chi connectivity index (χ1n) is 7.77. The summed E-state index contributed by atoms with van der Waals surface area (Å²) < 4.78 is 4.87. The molecule has 2 rings (SSSR count). The van der Waals surface area contributed by atoms with Crippen molar-refractivity contribution in [1.82, 2.24) is 10.2 Å². The molecule has 0 amide bonds. The van der Waals surface area contributed by atoms with E-state index in [2.05, 4.69) is 17.1 Å². The number of ether oxygens (including phenoxy) is 1. The minimum absolute atomic E-state index is 0.0659. The van der Waals surface area contributed by atoms with E-state index in [1.54, 1.807) is 0 Å². The predicted molar refractivity (Wildman–Crippen MR) is 76.0 cm³/mol. The summed E-state index contributed by atoms with van der Waals surface area (Å²) in [6.45, 7) is 5.63. The van der Waals surface area contributed by atoms with Crippen LogP contribution in [-0.2, 0) is 9.53 Å². The molecule has 0 aromatic carbocycles. The summed E-state index contributed by atoms with van der Waals surface area (Å²) in [7, 11) is 1.48. The van der Waals surface area contributed by atoms with Crippen molar-refractivity contribution in [3.8, 4) is 0 Å². The van der Waals surface area contributed by atoms with Crippen LogP contribution < -0.4 is 5.32 Å². The molecule has 4 nitrogen and oxygen atoms in total. The molecule has 1 saturated heterocycles. The van der Waals surface area contributed by atoms with Crippen LogP contribution in [0.25, 0.3) is 0 Å². The molecule has 1 N–H and O–H groups in total. The normalized spacial score (nSPS) is 26.1. The van der Waals surface area contributed by atoms with Gasteiger partial charge in [-0.1, -0.05) is 6.42 Å². The number of carbonyl (C=O) groups excluding carboxylic acids is 1. The van der Waals surface area contributed by atoms with Gasteiger partial charge in [-0.15, -0.1) is 0 Å². The lowest BCUT2D eigenvalue weighted by molar-refractivity contribution is -0.143. The Morgan fingerprint density at radius 2 is 2.16 bits per heavy atom. The van der Waals surface area contributed by atoms with Crippen molar-refractivity contribution < 1.29 is 9.53 Å². The number of nitrogens with one attached hydrogen (secondary N) is 1. The number of likely N-dealkylation sites (tertiary alicyclic amines) is 1. The smallest absolute Gasteiger partial charge is 0.323 e.